The van der Waals surface area contributed by atoms with Crippen LogP contribution >= 0.6 is 7.14 Å². The third-order valence-electron chi connectivity index (χ3n) is 5.79. The second-order valence-electron chi connectivity index (χ2n) is 7.84. The van der Waals surface area contributed by atoms with E-state index in [4.69, 9.17) is 9.40 Å². The van der Waals surface area contributed by atoms with Crippen molar-refractivity contribution in [1.29, 1.82) is 0 Å². The largest absolute Gasteiger partial charge is 0.420 e. The Labute approximate surface area is 182 Å². The van der Waals surface area contributed by atoms with E-state index in [9.17, 15) is 4.57 Å². The molecule has 3 aromatic carbocycles. The summed E-state index contributed by atoms with van der Waals surface area (Å²) in [5.41, 5.74) is 1.44. The van der Waals surface area contributed by atoms with E-state index in [2.05, 4.69) is 4.90 Å². The zero-order valence-electron chi connectivity index (χ0n) is 17.4. The van der Waals surface area contributed by atoms with Gasteiger partial charge in [-0.3, -0.25) is 0 Å². The van der Waals surface area contributed by atoms with Gasteiger partial charge in [0.05, 0.1) is 0 Å². The highest BCUT2D eigenvalue weighted by molar-refractivity contribution is 7.85. The van der Waals surface area contributed by atoms with Gasteiger partial charge in [-0.1, -0.05) is 78.9 Å². The van der Waals surface area contributed by atoms with E-state index in [0.717, 1.165) is 42.1 Å². The Hall–Kier alpha value is -3.10. The van der Waals surface area contributed by atoms with Gasteiger partial charge in [0.25, 0.3) is 0 Å². The summed E-state index contributed by atoms with van der Waals surface area (Å²) in [6.07, 6.45) is 3.41. The Kier molecular flexibility index (Phi) is 5.48. The number of aromatic nitrogens is 1. The lowest BCUT2D eigenvalue weighted by atomic mass is 10.1. The number of hydrogen-bond acceptors (Lipinski definition) is 4. The van der Waals surface area contributed by atoms with Crippen molar-refractivity contribution in [3.05, 3.63) is 91.0 Å². The predicted octanol–water partition coefficient (Wildman–Crippen LogP) is 4.97. The summed E-state index contributed by atoms with van der Waals surface area (Å²) in [7, 11) is -3.23. The van der Waals surface area contributed by atoms with Gasteiger partial charge < -0.3 is 13.9 Å². The second kappa shape index (κ2) is 8.56. The molecule has 0 bridgehead atoms. The summed E-state index contributed by atoms with van der Waals surface area (Å²) < 4.78 is 21.3. The maximum atomic E-state index is 15.0. The normalized spacial score (nSPS) is 14.5. The predicted molar refractivity (Wildman–Crippen MR) is 127 cm³/mol. The minimum absolute atomic E-state index is 0.517. The first-order valence-corrected chi connectivity index (χ1v) is 12.5. The van der Waals surface area contributed by atoms with Crippen LogP contribution in [0.4, 0.5) is 5.88 Å². The lowest BCUT2D eigenvalue weighted by Crippen LogP contribution is -2.35. The molecule has 1 aliphatic heterocycles. The van der Waals surface area contributed by atoms with Crippen LogP contribution in [0.5, 0.6) is 0 Å². The Morgan fingerprint density at radius 1 is 0.710 bits per heavy atom. The van der Waals surface area contributed by atoms with Crippen molar-refractivity contribution in [3.8, 4) is 11.5 Å². The van der Waals surface area contributed by atoms with Crippen LogP contribution in [0.2, 0.25) is 0 Å². The number of nitrogens with zero attached hydrogens (tertiary/aromatic N) is 2. The standard InChI is InChI=1S/C26H25N2O2P/c29-31(22-15-7-2-8-16-22,23-17-9-3-10-18-23)25-26(28-19-11-4-12-20-28)30-24(27-25)21-13-5-1-6-14-21/h1-3,5-10,13-18H,4,11-12,19-20H2. The van der Waals surface area contributed by atoms with Crippen molar-refractivity contribution in [2.75, 3.05) is 18.0 Å². The molecule has 1 aromatic heterocycles. The first-order chi connectivity index (χ1) is 15.3. The third-order valence-corrected chi connectivity index (χ3v) is 8.73. The van der Waals surface area contributed by atoms with Gasteiger partial charge in [-0.25, -0.2) is 4.98 Å². The molecule has 4 nitrogen and oxygen atoms in total. The molecule has 0 saturated carbocycles. The molecule has 1 saturated heterocycles. The van der Waals surface area contributed by atoms with E-state index < -0.39 is 7.14 Å². The van der Waals surface area contributed by atoms with Crippen LogP contribution in [-0.2, 0) is 4.57 Å². The molecule has 0 N–H and O–H groups in total. The van der Waals surface area contributed by atoms with Gasteiger partial charge >= 0.3 is 0 Å². The van der Waals surface area contributed by atoms with E-state index in [0.29, 0.717) is 17.2 Å². The molecule has 0 spiro atoms. The number of anilines is 1. The van der Waals surface area contributed by atoms with Crippen LogP contribution in [0.25, 0.3) is 11.5 Å². The van der Waals surface area contributed by atoms with Crippen LogP contribution in [0.1, 0.15) is 19.3 Å². The van der Waals surface area contributed by atoms with Crippen molar-refractivity contribution < 1.29 is 8.98 Å². The smallest absolute Gasteiger partial charge is 0.229 e. The van der Waals surface area contributed by atoms with E-state index in [1.807, 2.05) is 91.0 Å². The van der Waals surface area contributed by atoms with Crippen LogP contribution < -0.4 is 20.9 Å². The summed E-state index contributed by atoms with van der Waals surface area (Å²) in [5, 5.41) is 1.54. The minimum Gasteiger partial charge on any atom is -0.420 e. The molecule has 1 fully saturated rings. The summed E-state index contributed by atoms with van der Waals surface area (Å²) in [5.74, 6) is 1.16. The SMILES string of the molecule is O=P(c1ccccc1)(c1ccccc1)c1nc(-c2ccccc2)oc1N1CCCCC1. The van der Waals surface area contributed by atoms with Crippen LogP contribution in [0.15, 0.2) is 95.4 Å². The summed E-state index contributed by atoms with van der Waals surface area (Å²) >= 11 is 0. The van der Waals surface area contributed by atoms with Gasteiger partial charge in [0.15, 0.2) is 12.6 Å². The fourth-order valence-corrected chi connectivity index (χ4v) is 6.85. The molecule has 0 unspecified atom stereocenters. The van der Waals surface area contributed by atoms with E-state index in [1.54, 1.807) is 0 Å². The average molecular weight is 428 g/mol. The highest BCUT2D eigenvalue weighted by Gasteiger charge is 2.38. The first kappa shape index (κ1) is 19.8. The maximum Gasteiger partial charge on any atom is 0.229 e. The Balaban J connectivity index is 1.75. The number of piperidine rings is 1. The van der Waals surface area contributed by atoms with Gasteiger partial charge in [0, 0.05) is 29.3 Å². The van der Waals surface area contributed by atoms with Crippen molar-refractivity contribution in [1.82, 2.24) is 4.98 Å². The number of benzene rings is 3. The second-order valence-corrected chi connectivity index (χ2v) is 10.5. The molecule has 1 aliphatic rings. The minimum atomic E-state index is -3.23. The summed E-state index contributed by atoms with van der Waals surface area (Å²) in [4.78, 5) is 7.13. The van der Waals surface area contributed by atoms with E-state index in [1.165, 1.54) is 6.42 Å². The fourth-order valence-electron chi connectivity index (χ4n) is 4.19. The molecular formula is C26H25N2O2P. The Morgan fingerprint density at radius 3 is 1.77 bits per heavy atom. The first-order valence-electron chi connectivity index (χ1n) is 10.8. The quantitative estimate of drug-likeness (QED) is 0.421. The molecular weight excluding hydrogens is 403 g/mol. The van der Waals surface area contributed by atoms with Gasteiger partial charge in [-0.05, 0) is 31.4 Å². The molecule has 156 valence electrons. The van der Waals surface area contributed by atoms with Crippen LogP contribution in [0.3, 0.4) is 0 Å². The lowest BCUT2D eigenvalue weighted by molar-refractivity contribution is 0.506. The van der Waals surface area contributed by atoms with Gasteiger partial charge in [-0.15, -0.1) is 0 Å². The molecule has 0 radical (unpaired) electrons. The molecule has 5 rings (SSSR count). The van der Waals surface area contributed by atoms with Crippen molar-refractivity contribution in [2.45, 2.75) is 19.3 Å². The van der Waals surface area contributed by atoms with Crippen molar-refractivity contribution >= 4 is 29.1 Å². The van der Waals surface area contributed by atoms with Crippen LogP contribution in [-0.4, -0.2) is 18.1 Å². The summed E-state index contributed by atoms with van der Waals surface area (Å²) in [6, 6.07) is 29.2. The number of rotatable bonds is 5. The van der Waals surface area contributed by atoms with Crippen LogP contribution in [0, 0.1) is 0 Å². The zero-order chi connectivity index (χ0) is 21.1. The lowest BCUT2D eigenvalue weighted by Gasteiger charge is -2.28. The highest BCUT2D eigenvalue weighted by Crippen LogP contribution is 2.46. The Morgan fingerprint density at radius 2 is 1.23 bits per heavy atom. The fraction of sp³-hybridized carbons (Fsp3) is 0.192. The van der Waals surface area contributed by atoms with Crippen molar-refractivity contribution in [2.24, 2.45) is 0 Å². The molecule has 0 atom stereocenters. The average Bonchev–Trinajstić information content (AvgIpc) is 3.32. The molecule has 2 heterocycles. The third kappa shape index (κ3) is 3.73. The van der Waals surface area contributed by atoms with Gasteiger partial charge in [0.1, 0.15) is 0 Å². The van der Waals surface area contributed by atoms with E-state index >= 15 is 0 Å². The highest BCUT2D eigenvalue weighted by atomic mass is 31.2. The molecule has 5 heteroatoms. The maximum absolute atomic E-state index is 15.0. The molecule has 4 aromatic rings. The van der Waals surface area contributed by atoms with Crippen molar-refractivity contribution in [3.63, 3.8) is 0 Å². The Bertz CT molecular complexity index is 1140. The number of oxazole rings is 1. The van der Waals surface area contributed by atoms with Gasteiger partial charge in [-0.2, -0.15) is 0 Å². The van der Waals surface area contributed by atoms with Gasteiger partial charge in [0.2, 0.25) is 11.8 Å². The van der Waals surface area contributed by atoms with E-state index in [-0.39, 0.29) is 0 Å². The number of hydrogen-bond donors (Lipinski definition) is 0. The topological polar surface area (TPSA) is 46.3 Å². The molecule has 0 amide bonds. The summed E-state index contributed by atoms with van der Waals surface area (Å²) in [6.45, 7) is 1.78. The molecule has 0 aliphatic carbocycles. The molecule has 31 heavy (non-hydrogen) atoms. The zero-order valence-corrected chi connectivity index (χ0v) is 18.2. The monoisotopic (exact) mass is 428 g/mol.